The highest BCUT2D eigenvalue weighted by Gasteiger charge is 2.40. The van der Waals surface area contributed by atoms with E-state index in [-0.39, 0.29) is 17.4 Å². The van der Waals surface area contributed by atoms with Crippen LogP contribution < -0.4 is 0 Å². The summed E-state index contributed by atoms with van der Waals surface area (Å²) in [5.41, 5.74) is 1.66. The number of piperidine rings is 1. The summed E-state index contributed by atoms with van der Waals surface area (Å²) >= 11 is 0. The van der Waals surface area contributed by atoms with E-state index in [9.17, 15) is 4.79 Å². The molecular formula is C20H21N3O. The van der Waals surface area contributed by atoms with Gasteiger partial charge in [0.25, 0.3) is 0 Å². The minimum Gasteiger partial charge on any atom is -0.297 e. The molecule has 2 aromatic rings. The first kappa shape index (κ1) is 16.4. The number of aromatic nitrogens is 2. The van der Waals surface area contributed by atoms with Gasteiger partial charge in [0.2, 0.25) is 0 Å². The van der Waals surface area contributed by atoms with E-state index in [0.29, 0.717) is 12.2 Å². The minimum absolute atomic E-state index is 0.0340. The third-order valence-electron chi connectivity index (χ3n) is 4.67. The summed E-state index contributed by atoms with van der Waals surface area (Å²) in [6, 6.07) is 9.42. The lowest BCUT2D eigenvalue weighted by Crippen LogP contribution is -2.50. The second kappa shape index (κ2) is 6.54. The van der Waals surface area contributed by atoms with Crippen molar-refractivity contribution in [3.63, 3.8) is 0 Å². The zero-order valence-corrected chi connectivity index (χ0v) is 14.3. The quantitative estimate of drug-likeness (QED) is 0.758. The van der Waals surface area contributed by atoms with Crippen molar-refractivity contribution in [2.45, 2.75) is 38.3 Å². The molecule has 0 aliphatic carbocycles. The molecule has 1 saturated heterocycles. The summed E-state index contributed by atoms with van der Waals surface area (Å²) in [5.74, 6) is 6.88. The Kier molecular flexibility index (Phi) is 4.46. The predicted molar refractivity (Wildman–Crippen MR) is 93.3 cm³/mol. The lowest BCUT2D eigenvalue weighted by Gasteiger charge is -2.43. The van der Waals surface area contributed by atoms with E-state index in [2.05, 4.69) is 40.6 Å². The third-order valence-corrected chi connectivity index (χ3v) is 4.67. The van der Waals surface area contributed by atoms with E-state index in [1.54, 1.807) is 12.4 Å². The number of hydrogen-bond acceptors (Lipinski definition) is 4. The molecule has 2 heterocycles. The van der Waals surface area contributed by atoms with Gasteiger partial charge in [0, 0.05) is 29.9 Å². The summed E-state index contributed by atoms with van der Waals surface area (Å²) in [6.45, 7) is 4.29. The molecule has 4 heteroatoms. The summed E-state index contributed by atoms with van der Waals surface area (Å²) in [5, 5.41) is 0. The largest absolute Gasteiger partial charge is 0.297 e. The van der Waals surface area contributed by atoms with Crippen LogP contribution in [0, 0.1) is 11.8 Å². The number of likely N-dealkylation sites (N-methyl/N-ethyl adjacent to an activating group) is 1. The fourth-order valence-corrected chi connectivity index (χ4v) is 2.83. The number of ketones is 1. The first-order valence-electron chi connectivity index (χ1n) is 8.12. The van der Waals surface area contributed by atoms with Gasteiger partial charge in [-0.15, -0.1) is 0 Å². The van der Waals surface area contributed by atoms with Gasteiger partial charge in [-0.2, -0.15) is 0 Å². The third kappa shape index (κ3) is 3.37. The molecule has 0 bridgehead atoms. The fourth-order valence-electron chi connectivity index (χ4n) is 2.83. The van der Waals surface area contributed by atoms with Crippen molar-refractivity contribution in [2.75, 3.05) is 7.05 Å². The van der Waals surface area contributed by atoms with Gasteiger partial charge in [-0.25, -0.2) is 9.97 Å². The van der Waals surface area contributed by atoms with Crippen molar-refractivity contribution in [3.8, 4) is 11.8 Å². The number of Topliss-reactive ketones (excluding diaryl/α,β-unsaturated/α-hetero) is 1. The van der Waals surface area contributed by atoms with Gasteiger partial charge in [-0.3, -0.25) is 9.69 Å². The van der Waals surface area contributed by atoms with Crippen LogP contribution in [-0.2, 0) is 4.79 Å². The van der Waals surface area contributed by atoms with Gasteiger partial charge in [-0.05, 0) is 39.4 Å². The fraction of sp³-hybridized carbons (Fsp3) is 0.350. The van der Waals surface area contributed by atoms with Gasteiger partial charge < -0.3 is 0 Å². The van der Waals surface area contributed by atoms with Crippen LogP contribution in [-0.4, -0.2) is 33.2 Å². The van der Waals surface area contributed by atoms with Crippen molar-refractivity contribution in [1.82, 2.24) is 14.9 Å². The molecule has 0 radical (unpaired) electrons. The molecular weight excluding hydrogens is 298 g/mol. The Labute approximate surface area is 142 Å². The van der Waals surface area contributed by atoms with Crippen LogP contribution in [0.5, 0.6) is 0 Å². The maximum atomic E-state index is 12.3. The molecule has 1 aromatic carbocycles. The van der Waals surface area contributed by atoms with E-state index >= 15 is 0 Å². The zero-order valence-electron chi connectivity index (χ0n) is 14.3. The average molecular weight is 319 g/mol. The molecule has 1 atom stereocenters. The van der Waals surface area contributed by atoms with Crippen molar-refractivity contribution < 1.29 is 4.79 Å². The zero-order chi connectivity index (χ0) is 17.2. The van der Waals surface area contributed by atoms with Gasteiger partial charge in [0.05, 0.1) is 5.56 Å². The van der Waals surface area contributed by atoms with Gasteiger partial charge in [0.15, 0.2) is 11.6 Å². The molecule has 1 fully saturated rings. The number of hydrogen-bond donors (Lipinski definition) is 0. The number of rotatable bonds is 1. The Morgan fingerprint density at radius 3 is 2.38 bits per heavy atom. The van der Waals surface area contributed by atoms with E-state index in [1.807, 2.05) is 37.4 Å². The van der Waals surface area contributed by atoms with Crippen LogP contribution in [0.4, 0.5) is 0 Å². The molecule has 0 spiro atoms. The maximum Gasteiger partial charge on any atom is 0.157 e. The summed E-state index contributed by atoms with van der Waals surface area (Å²) < 4.78 is 0. The summed E-state index contributed by atoms with van der Waals surface area (Å²) in [6.07, 6.45) is 4.82. The molecule has 4 nitrogen and oxygen atoms in total. The molecule has 24 heavy (non-hydrogen) atoms. The predicted octanol–water partition coefficient (Wildman–Crippen LogP) is 2.99. The highest BCUT2D eigenvalue weighted by molar-refractivity contribution is 5.85. The van der Waals surface area contributed by atoms with Crippen LogP contribution in [0.1, 0.15) is 49.7 Å². The molecule has 1 aliphatic heterocycles. The van der Waals surface area contributed by atoms with Crippen LogP contribution in [0.2, 0.25) is 0 Å². The first-order chi connectivity index (χ1) is 11.5. The minimum atomic E-state index is -0.370. The van der Waals surface area contributed by atoms with Crippen LogP contribution in [0.15, 0.2) is 42.7 Å². The van der Waals surface area contributed by atoms with Crippen molar-refractivity contribution in [2.24, 2.45) is 0 Å². The van der Waals surface area contributed by atoms with Gasteiger partial charge >= 0.3 is 0 Å². The van der Waals surface area contributed by atoms with Crippen molar-refractivity contribution in [1.29, 1.82) is 0 Å². The number of likely N-dealkylation sites (tertiary alicyclic amines) is 1. The number of nitrogens with zero attached hydrogens (tertiary/aromatic N) is 3. The molecule has 1 unspecified atom stereocenters. The van der Waals surface area contributed by atoms with E-state index in [4.69, 9.17) is 0 Å². The Morgan fingerprint density at radius 1 is 1.08 bits per heavy atom. The van der Waals surface area contributed by atoms with Crippen molar-refractivity contribution >= 4 is 5.78 Å². The standard InChI is InChI=1S/C20H21N3O/c1-20(2)12-11-17(24)18(23(20)3)19-21-13-16(14-22-19)10-9-15-7-5-4-6-8-15/h4-8,13-14,18H,11-12H2,1-3H3. The molecule has 1 aromatic heterocycles. The molecule has 1 aliphatic rings. The molecule has 3 rings (SSSR count). The molecule has 0 amide bonds. The van der Waals surface area contributed by atoms with Crippen LogP contribution >= 0.6 is 0 Å². The monoisotopic (exact) mass is 319 g/mol. The first-order valence-corrected chi connectivity index (χ1v) is 8.12. The SMILES string of the molecule is CN1C(c2ncc(C#Cc3ccccc3)cn2)C(=O)CCC1(C)C. The van der Waals surface area contributed by atoms with Gasteiger partial charge in [0.1, 0.15) is 6.04 Å². The molecule has 122 valence electrons. The van der Waals surface area contributed by atoms with Crippen LogP contribution in [0.3, 0.4) is 0 Å². The number of carbonyl (C=O) groups is 1. The lowest BCUT2D eigenvalue weighted by atomic mass is 9.86. The number of benzene rings is 1. The smallest absolute Gasteiger partial charge is 0.157 e. The highest BCUT2D eigenvalue weighted by Crippen LogP contribution is 2.34. The van der Waals surface area contributed by atoms with Crippen molar-refractivity contribution in [3.05, 3.63) is 59.7 Å². The number of carbonyl (C=O) groups excluding carboxylic acids is 1. The average Bonchev–Trinajstić information content (AvgIpc) is 2.59. The van der Waals surface area contributed by atoms with Gasteiger partial charge in [-0.1, -0.05) is 30.0 Å². The second-order valence-electron chi connectivity index (χ2n) is 6.74. The normalized spacial score (nSPS) is 20.3. The highest BCUT2D eigenvalue weighted by atomic mass is 16.1. The molecule has 0 saturated carbocycles. The maximum absolute atomic E-state index is 12.3. The second-order valence-corrected chi connectivity index (χ2v) is 6.74. The van der Waals surface area contributed by atoms with E-state index in [1.165, 1.54) is 0 Å². The Hall–Kier alpha value is -2.51. The Balaban J connectivity index is 1.82. The van der Waals surface area contributed by atoms with E-state index in [0.717, 1.165) is 17.5 Å². The summed E-state index contributed by atoms with van der Waals surface area (Å²) in [7, 11) is 1.97. The Bertz CT molecular complexity index is 785. The van der Waals surface area contributed by atoms with E-state index < -0.39 is 0 Å². The topological polar surface area (TPSA) is 46.1 Å². The van der Waals surface area contributed by atoms with Crippen LogP contribution in [0.25, 0.3) is 0 Å². The molecule has 0 N–H and O–H groups in total. The summed E-state index contributed by atoms with van der Waals surface area (Å²) in [4.78, 5) is 23.2. The Morgan fingerprint density at radius 2 is 1.71 bits per heavy atom. The lowest BCUT2D eigenvalue weighted by molar-refractivity contribution is -0.131.